The number of rotatable bonds is 5. The molecule has 21 heavy (non-hydrogen) atoms. The lowest BCUT2D eigenvalue weighted by atomic mass is 10.1. The van der Waals surface area contributed by atoms with Gasteiger partial charge in [0.2, 0.25) is 0 Å². The molecule has 0 spiro atoms. The molecule has 0 saturated carbocycles. The molecule has 0 saturated heterocycles. The van der Waals surface area contributed by atoms with Gasteiger partial charge in [-0.15, -0.1) is 0 Å². The SMILES string of the molecule is CCc1nn(C)cc1CNc1cc(C)c(F)cc1[N+](=O)[O-]. The molecule has 0 atom stereocenters. The summed E-state index contributed by atoms with van der Waals surface area (Å²) in [5.41, 5.74) is 2.32. The highest BCUT2D eigenvalue weighted by Crippen LogP contribution is 2.28. The molecule has 0 fully saturated rings. The molecule has 0 amide bonds. The van der Waals surface area contributed by atoms with E-state index in [0.717, 1.165) is 23.7 Å². The Bertz CT molecular complexity index is 682. The van der Waals surface area contributed by atoms with E-state index in [1.807, 2.05) is 20.2 Å². The van der Waals surface area contributed by atoms with Crippen LogP contribution < -0.4 is 5.32 Å². The molecule has 0 radical (unpaired) electrons. The van der Waals surface area contributed by atoms with Gasteiger partial charge in [0.05, 0.1) is 16.7 Å². The minimum Gasteiger partial charge on any atom is -0.375 e. The Labute approximate surface area is 121 Å². The van der Waals surface area contributed by atoms with Crippen LogP contribution in [0.15, 0.2) is 18.3 Å². The van der Waals surface area contributed by atoms with Crippen LogP contribution in [-0.4, -0.2) is 14.7 Å². The van der Waals surface area contributed by atoms with Gasteiger partial charge in [0, 0.05) is 25.4 Å². The zero-order chi connectivity index (χ0) is 15.6. The third-order valence-corrected chi connectivity index (χ3v) is 3.27. The standard InChI is InChI=1S/C14H17FN4O2/c1-4-12-10(8-18(3)17-12)7-16-13-5-9(2)11(15)6-14(13)19(20)21/h5-6,8,16H,4,7H2,1-3H3. The fraction of sp³-hybridized carbons (Fsp3) is 0.357. The maximum absolute atomic E-state index is 13.5. The minimum atomic E-state index is -0.588. The highest BCUT2D eigenvalue weighted by atomic mass is 19.1. The molecule has 0 aliphatic rings. The summed E-state index contributed by atoms with van der Waals surface area (Å²) in [6, 6.07) is 2.40. The summed E-state index contributed by atoms with van der Waals surface area (Å²) in [7, 11) is 1.83. The van der Waals surface area contributed by atoms with E-state index in [1.54, 1.807) is 11.6 Å². The molecule has 2 aromatic rings. The highest BCUT2D eigenvalue weighted by molar-refractivity contribution is 5.63. The molecule has 0 aliphatic carbocycles. The first-order chi connectivity index (χ1) is 9.92. The van der Waals surface area contributed by atoms with Crippen molar-refractivity contribution in [3.05, 3.63) is 51.1 Å². The first-order valence-electron chi connectivity index (χ1n) is 6.62. The van der Waals surface area contributed by atoms with E-state index in [4.69, 9.17) is 0 Å². The third-order valence-electron chi connectivity index (χ3n) is 3.27. The Morgan fingerprint density at radius 2 is 2.19 bits per heavy atom. The molecule has 0 unspecified atom stereocenters. The van der Waals surface area contributed by atoms with Gasteiger partial charge < -0.3 is 5.32 Å². The Kier molecular flexibility index (Phi) is 4.21. The van der Waals surface area contributed by atoms with E-state index in [1.165, 1.54) is 6.07 Å². The van der Waals surface area contributed by atoms with E-state index >= 15 is 0 Å². The van der Waals surface area contributed by atoms with Crippen LogP contribution in [0.5, 0.6) is 0 Å². The van der Waals surface area contributed by atoms with Crippen molar-refractivity contribution in [2.45, 2.75) is 26.8 Å². The number of halogens is 1. The number of benzene rings is 1. The predicted octanol–water partition coefficient (Wildman–Crippen LogP) is 2.95. The Balaban J connectivity index is 2.27. The van der Waals surface area contributed by atoms with Crippen LogP contribution in [0.3, 0.4) is 0 Å². The van der Waals surface area contributed by atoms with Crippen LogP contribution in [-0.2, 0) is 20.0 Å². The van der Waals surface area contributed by atoms with E-state index in [-0.39, 0.29) is 5.69 Å². The van der Waals surface area contributed by atoms with Crippen LogP contribution in [0.25, 0.3) is 0 Å². The second-order valence-corrected chi connectivity index (χ2v) is 4.86. The number of aromatic nitrogens is 2. The number of nitro groups is 1. The summed E-state index contributed by atoms with van der Waals surface area (Å²) in [6.07, 6.45) is 2.65. The number of nitrogens with zero attached hydrogens (tertiary/aromatic N) is 3. The summed E-state index contributed by atoms with van der Waals surface area (Å²) in [4.78, 5) is 10.4. The third kappa shape index (κ3) is 3.18. The van der Waals surface area contributed by atoms with Gasteiger partial charge in [0.25, 0.3) is 5.69 Å². The van der Waals surface area contributed by atoms with Crippen molar-refractivity contribution in [3.63, 3.8) is 0 Å². The maximum atomic E-state index is 13.5. The van der Waals surface area contributed by atoms with Gasteiger partial charge in [-0.3, -0.25) is 14.8 Å². The van der Waals surface area contributed by atoms with Crippen molar-refractivity contribution in [1.82, 2.24) is 9.78 Å². The number of hydrogen-bond donors (Lipinski definition) is 1. The summed E-state index contributed by atoms with van der Waals surface area (Å²) < 4.78 is 15.2. The largest absolute Gasteiger partial charge is 0.375 e. The van der Waals surface area contributed by atoms with Crippen molar-refractivity contribution in [2.24, 2.45) is 7.05 Å². The van der Waals surface area contributed by atoms with Gasteiger partial charge in [-0.05, 0) is 25.0 Å². The van der Waals surface area contributed by atoms with E-state index < -0.39 is 10.7 Å². The van der Waals surface area contributed by atoms with Crippen molar-refractivity contribution in [2.75, 3.05) is 5.32 Å². The van der Waals surface area contributed by atoms with Crippen molar-refractivity contribution < 1.29 is 9.31 Å². The van der Waals surface area contributed by atoms with Gasteiger partial charge in [-0.25, -0.2) is 4.39 Å². The zero-order valence-corrected chi connectivity index (χ0v) is 12.2. The molecule has 1 heterocycles. The number of nitro benzene ring substituents is 1. The Hall–Kier alpha value is -2.44. The topological polar surface area (TPSA) is 73.0 Å². The first kappa shape index (κ1) is 15.0. The quantitative estimate of drug-likeness (QED) is 0.679. The van der Waals surface area contributed by atoms with Gasteiger partial charge in [-0.1, -0.05) is 6.92 Å². The first-order valence-corrected chi connectivity index (χ1v) is 6.62. The van der Waals surface area contributed by atoms with Gasteiger partial charge in [-0.2, -0.15) is 5.10 Å². The highest BCUT2D eigenvalue weighted by Gasteiger charge is 2.17. The molecular weight excluding hydrogens is 275 g/mol. The predicted molar refractivity (Wildman–Crippen MR) is 77.7 cm³/mol. The molecule has 1 aromatic carbocycles. The zero-order valence-electron chi connectivity index (χ0n) is 12.2. The molecular formula is C14H17FN4O2. The van der Waals surface area contributed by atoms with Gasteiger partial charge >= 0.3 is 0 Å². The lowest BCUT2D eigenvalue weighted by molar-refractivity contribution is -0.384. The normalized spacial score (nSPS) is 10.7. The van der Waals surface area contributed by atoms with E-state index in [0.29, 0.717) is 17.8 Å². The number of hydrogen-bond acceptors (Lipinski definition) is 4. The lowest BCUT2D eigenvalue weighted by Crippen LogP contribution is -2.05. The van der Waals surface area contributed by atoms with Crippen LogP contribution in [0.4, 0.5) is 15.8 Å². The number of aryl methyl sites for hydroxylation is 3. The number of anilines is 1. The monoisotopic (exact) mass is 292 g/mol. The van der Waals surface area contributed by atoms with Crippen LogP contribution in [0, 0.1) is 22.9 Å². The van der Waals surface area contributed by atoms with Crippen LogP contribution >= 0.6 is 0 Å². The molecule has 112 valence electrons. The molecule has 1 aromatic heterocycles. The summed E-state index contributed by atoms with van der Waals surface area (Å²) in [5, 5.41) is 18.3. The number of nitrogens with one attached hydrogen (secondary N) is 1. The second kappa shape index (κ2) is 5.90. The lowest BCUT2D eigenvalue weighted by Gasteiger charge is -2.08. The smallest absolute Gasteiger partial charge is 0.295 e. The van der Waals surface area contributed by atoms with Crippen LogP contribution in [0.2, 0.25) is 0 Å². The maximum Gasteiger partial charge on any atom is 0.295 e. The fourth-order valence-electron chi connectivity index (χ4n) is 2.18. The second-order valence-electron chi connectivity index (χ2n) is 4.86. The van der Waals surface area contributed by atoms with Crippen LogP contribution in [0.1, 0.15) is 23.7 Å². The fourth-order valence-corrected chi connectivity index (χ4v) is 2.18. The average Bonchev–Trinajstić information content (AvgIpc) is 2.79. The molecule has 1 N–H and O–H groups in total. The molecule has 7 heteroatoms. The average molecular weight is 292 g/mol. The van der Waals surface area contributed by atoms with E-state index in [2.05, 4.69) is 10.4 Å². The van der Waals surface area contributed by atoms with Gasteiger partial charge in [0.1, 0.15) is 11.5 Å². The van der Waals surface area contributed by atoms with Crippen molar-refractivity contribution in [3.8, 4) is 0 Å². The van der Waals surface area contributed by atoms with E-state index in [9.17, 15) is 14.5 Å². The van der Waals surface area contributed by atoms with Crippen molar-refractivity contribution in [1.29, 1.82) is 0 Å². The molecule has 6 nitrogen and oxygen atoms in total. The van der Waals surface area contributed by atoms with Crippen molar-refractivity contribution >= 4 is 11.4 Å². The molecule has 0 bridgehead atoms. The summed E-state index contributed by atoms with van der Waals surface area (Å²) in [6.45, 7) is 3.98. The van der Waals surface area contributed by atoms with Gasteiger partial charge in [0.15, 0.2) is 0 Å². The summed E-state index contributed by atoms with van der Waals surface area (Å²) >= 11 is 0. The molecule has 2 rings (SSSR count). The molecule has 0 aliphatic heterocycles. The Morgan fingerprint density at radius 3 is 2.81 bits per heavy atom. The summed E-state index contributed by atoms with van der Waals surface area (Å²) in [5.74, 6) is -0.581. The Morgan fingerprint density at radius 1 is 1.48 bits per heavy atom. The minimum absolute atomic E-state index is 0.264.